The number of amides is 1. The minimum Gasteiger partial charge on any atom is -0.493 e. The summed E-state index contributed by atoms with van der Waals surface area (Å²) in [6.45, 7) is 0. The fourth-order valence-electron chi connectivity index (χ4n) is 2.78. The van der Waals surface area contributed by atoms with E-state index >= 15 is 0 Å². The Balaban J connectivity index is 1.74. The Morgan fingerprint density at radius 2 is 1.46 bits per heavy atom. The predicted octanol–water partition coefficient (Wildman–Crippen LogP) is 3.98. The zero-order valence-electron chi connectivity index (χ0n) is 17.8. The van der Waals surface area contributed by atoms with E-state index in [0.29, 0.717) is 5.56 Å². The predicted molar refractivity (Wildman–Crippen MR) is 121 cm³/mol. The van der Waals surface area contributed by atoms with Crippen LogP contribution in [0.1, 0.15) is 15.9 Å². The second-order valence-electron chi connectivity index (χ2n) is 6.68. The van der Waals surface area contributed by atoms with Gasteiger partial charge in [-0.3, -0.25) is 35.1 Å². The van der Waals surface area contributed by atoms with E-state index in [4.69, 9.17) is 9.47 Å². The number of hydrazone groups is 1. The van der Waals surface area contributed by atoms with Crippen molar-refractivity contribution in [2.75, 3.05) is 7.11 Å². The molecule has 3 aromatic rings. The average Bonchev–Trinajstić information content (AvgIpc) is 2.84. The van der Waals surface area contributed by atoms with Crippen LogP contribution in [0.15, 0.2) is 65.8 Å². The number of nitrogens with zero attached hydrogens (tertiary/aromatic N) is 4. The first-order valence-corrected chi connectivity index (χ1v) is 9.56. The van der Waals surface area contributed by atoms with E-state index in [2.05, 4.69) is 10.5 Å². The van der Waals surface area contributed by atoms with Crippen LogP contribution in [0, 0.1) is 30.3 Å². The first-order chi connectivity index (χ1) is 16.7. The summed E-state index contributed by atoms with van der Waals surface area (Å²) >= 11 is 0. The van der Waals surface area contributed by atoms with Crippen molar-refractivity contribution in [2.24, 2.45) is 5.10 Å². The average molecular weight is 481 g/mol. The number of benzene rings is 3. The molecule has 0 spiro atoms. The summed E-state index contributed by atoms with van der Waals surface area (Å²) in [5.74, 6) is -0.552. The maximum atomic E-state index is 12.1. The highest BCUT2D eigenvalue weighted by molar-refractivity contribution is 5.95. The van der Waals surface area contributed by atoms with Gasteiger partial charge in [0.2, 0.25) is 5.75 Å². The number of nitrogens with one attached hydrogen (secondary N) is 1. The number of rotatable bonds is 9. The van der Waals surface area contributed by atoms with Crippen molar-refractivity contribution >= 4 is 29.2 Å². The Labute approximate surface area is 195 Å². The molecule has 3 aromatic carbocycles. The van der Waals surface area contributed by atoms with E-state index in [-0.39, 0.29) is 28.5 Å². The van der Waals surface area contributed by atoms with Crippen LogP contribution < -0.4 is 14.9 Å². The second-order valence-corrected chi connectivity index (χ2v) is 6.68. The number of methoxy groups -OCH3 is 1. The van der Waals surface area contributed by atoms with Crippen LogP contribution in [-0.2, 0) is 0 Å². The van der Waals surface area contributed by atoms with Gasteiger partial charge in [0.05, 0.1) is 34.2 Å². The van der Waals surface area contributed by atoms with Crippen LogP contribution in [0.2, 0.25) is 0 Å². The van der Waals surface area contributed by atoms with E-state index in [9.17, 15) is 35.1 Å². The van der Waals surface area contributed by atoms with Gasteiger partial charge in [0.25, 0.3) is 17.3 Å². The molecule has 0 aromatic heterocycles. The van der Waals surface area contributed by atoms with Gasteiger partial charge < -0.3 is 9.47 Å². The number of non-ortho nitro benzene ring substituents is 2. The number of carbonyl (C=O) groups is 1. The number of hydrogen-bond donors (Lipinski definition) is 1. The molecule has 35 heavy (non-hydrogen) atoms. The van der Waals surface area contributed by atoms with Crippen LogP contribution in [0.25, 0.3) is 0 Å². The van der Waals surface area contributed by atoms with Crippen LogP contribution >= 0.6 is 0 Å². The molecule has 0 saturated carbocycles. The van der Waals surface area contributed by atoms with E-state index in [1.54, 1.807) is 0 Å². The molecule has 178 valence electrons. The third kappa shape index (κ3) is 5.89. The fourth-order valence-corrected chi connectivity index (χ4v) is 2.78. The molecule has 0 aliphatic rings. The number of ether oxygens (including phenoxy) is 2. The van der Waals surface area contributed by atoms with Gasteiger partial charge in [-0.2, -0.15) is 5.10 Å². The molecule has 0 radical (unpaired) electrons. The molecule has 0 fully saturated rings. The Morgan fingerprint density at radius 1 is 0.829 bits per heavy atom. The Kier molecular flexibility index (Phi) is 7.26. The zero-order chi connectivity index (χ0) is 25.5. The van der Waals surface area contributed by atoms with Crippen LogP contribution in [0.3, 0.4) is 0 Å². The van der Waals surface area contributed by atoms with Gasteiger partial charge in [-0.05, 0) is 42.0 Å². The maximum absolute atomic E-state index is 12.1. The highest BCUT2D eigenvalue weighted by Gasteiger charge is 2.22. The number of carbonyl (C=O) groups excluding carboxylic acids is 1. The molecule has 14 nitrogen and oxygen atoms in total. The first kappa shape index (κ1) is 24.2. The van der Waals surface area contributed by atoms with Crippen LogP contribution in [0.5, 0.6) is 17.2 Å². The molecule has 0 atom stereocenters. The van der Waals surface area contributed by atoms with Crippen LogP contribution in [-0.4, -0.2) is 34.0 Å². The summed E-state index contributed by atoms with van der Waals surface area (Å²) in [5.41, 5.74) is 1.70. The molecule has 0 bridgehead atoms. The monoisotopic (exact) mass is 481 g/mol. The van der Waals surface area contributed by atoms with Gasteiger partial charge in [-0.15, -0.1) is 0 Å². The lowest BCUT2D eigenvalue weighted by molar-refractivity contribution is -0.394. The molecular formula is C21H15N5O9. The molecule has 3 rings (SSSR count). The molecule has 0 aliphatic carbocycles. The number of nitro groups is 3. The van der Waals surface area contributed by atoms with Crippen molar-refractivity contribution < 1.29 is 29.0 Å². The third-order valence-electron chi connectivity index (χ3n) is 4.48. The highest BCUT2D eigenvalue weighted by Crippen LogP contribution is 2.38. The van der Waals surface area contributed by atoms with Crippen molar-refractivity contribution in [3.63, 3.8) is 0 Å². The second kappa shape index (κ2) is 10.5. The third-order valence-corrected chi connectivity index (χ3v) is 4.48. The van der Waals surface area contributed by atoms with Gasteiger partial charge in [-0.25, -0.2) is 5.43 Å². The summed E-state index contributed by atoms with van der Waals surface area (Å²) in [7, 11) is 1.34. The quantitative estimate of drug-likeness (QED) is 0.268. The Bertz CT molecular complexity index is 1340. The molecular weight excluding hydrogens is 466 g/mol. The van der Waals surface area contributed by atoms with Gasteiger partial charge >= 0.3 is 5.69 Å². The van der Waals surface area contributed by atoms with Gasteiger partial charge in [0.1, 0.15) is 0 Å². The Hall–Kier alpha value is -5.40. The van der Waals surface area contributed by atoms with E-state index < -0.39 is 32.1 Å². The summed E-state index contributed by atoms with van der Waals surface area (Å²) in [6, 6.07) is 12.4. The first-order valence-electron chi connectivity index (χ1n) is 9.56. The SMILES string of the molecule is COc1cc(/C=N/NC(=O)c2ccc([N+](=O)[O-])cc2)ccc1Oc1ccc([N+](=O)[O-])cc1[N+](=O)[O-]. The minimum atomic E-state index is -0.802. The minimum absolute atomic E-state index is 0.0940. The largest absolute Gasteiger partial charge is 0.493 e. The maximum Gasteiger partial charge on any atom is 0.318 e. The van der Waals surface area contributed by atoms with Gasteiger partial charge in [-0.1, -0.05) is 0 Å². The molecule has 0 unspecified atom stereocenters. The zero-order valence-corrected chi connectivity index (χ0v) is 17.8. The number of nitro benzene ring substituents is 3. The summed E-state index contributed by atoms with van der Waals surface area (Å²) in [5, 5.41) is 36.7. The van der Waals surface area contributed by atoms with Crippen molar-refractivity contribution in [3.05, 3.63) is 102 Å². The standard InChI is InChI=1S/C21H15N5O9/c1-34-20-10-13(12-22-23-21(27)14-3-5-15(6-4-14)24(28)29)2-8-19(20)35-18-9-7-16(25(30)31)11-17(18)26(32)33/h2-12H,1H3,(H,23,27)/b22-12+. The van der Waals surface area contributed by atoms with E-state index in [0.717, 1.165) is 18.2 Å². The van der Waals surface area contributed by atoms with E-state index in [1.807, 2.05) is 0 Å². The lowest BCUT2D eigenvalue weighted by Gasteiger charge is -2.11. The molecule has 1 N–H and O–H groups in total. The smallest absolute Gasteiger partial charge is 0.318 e. The van der Waals surface area contributed by atoms with Crippen molar-refractivity contribution in [1.82, 2.24) is 5.43 Å². The lowest BCUT2D eigenvalue weighted by atomic mass is 10.2. The summed E-state index contributed by atoms with van der Waals surface area (Å²) in [4.78, 5) is 42.8. The lowest BCUT2D eigenvalue weighted by Crippen LogP contribution is -2.17. The summed E-state index contributed by atoms with van der Waals surface area (Å²) in [6.07, 6.45) is 1.30. The van der Waals surface area contributed by atoms with Crippen molar-refractivity contribution in [1.29, 1.82) is 0 Å². The Morgan fingerprint density at radius 3 is 2.06 bits per heavy atom. The van der Waals surface area contributed by atoms with Crippen molar-refractivity contribution in [2.45, 2.75) is 0 Å². The summed E-state index contributed by atoms with van der Waals surface area (Å²) < 4.78 is 10.8. The molecule has 1 amide bonds. The topological polar surface area (TPSA) is 189 Å². The van der Waals surface area contributed by atoms with Crippen molar-refractivity contribution in [3.8, 4) is 17.2 Å². The number of hydrogen-bond acceptors (Lipinski definition) is 10. The fraction of sp³-hybridized carbons (Fsp3) is 0.0476. The molecule has 14 heteroatoms. The highest BCUT2D eigenvalue weighted by atomic mass is 16.6. The van der Waals surface area contributed by atoms with Gasteiger partial charge in [0, 0.05) is 23.8 Å². The molecule has 0 aliphatic heterocycles. The van der Waals surface area contributed by atoms with E-state index in [1.165, 1.54) is 55.8 Å². The van der Waals surface area contributed by atoms with Gasteiger partial charge in [0.15, 0.2) is 11.5 Å². The normalized spacial score (nSPS) is 10.5. The molecule has 0 saturated heterocycles. The molecule has 0 heterocycles. The van der Waals surface area contributed by atoms with Crippen LogP contribution in [0.4, 0.5) is 17.1 Å².